The number of alkyl halides is 1. The lowest BCUT2D eigenvalue weighted by molar-refractivity contribution is -0.192. The number of fused-ring (bicyclic) bond motifs is 5. The van der Waals surface area contributed by atoms with E-state index in [-0.39, 0.29) is 24.0 Å². The van der Waals surface area contributed by atoms with Crippen molar-refractivity contribution in [3.8, 4) is 0 Å². The van der Waals surface area contributed by atoms with Crippen LogP contribution in [0.15, 0.2) is 23.8 Å². The molecule has 4 rings (SSSR count). The summed E-state index contributed by atoms with van der Waals surface area (Å²) in [7, 11) is 0. The second-order valence-corrected chi connectivity index (χ2v) is 11.7. The van der Waals surface area contributed by atoms with Gasteiger partial charge in [-0.3, -0.25) is 9.59 Å². The lowest BCUT2D eigenvalue weighted by atomic mass is 9.45. The van der Waals surface area contributed by atoms with Crippen molar-refractivity contribution in [1.82, 2.24) is 0 Å². The highest BCUT2D eigenvalue weighted by Gasteiger charge is 2.77. The zero-order valence-corrected chi connectivity index (χ0v) is 19.2. The number of carbonyl (C=O) groups excluding carboxylic acids is 2. The van der Waals surface area contributed by atoms with Crippen LogP contribution in [-0.2, 0) is 9.59 Å². The van der Waals surface area contributed by atoms with Gasteiger partial charge in [0.1, 0.15) is 11.7 Å². The predicted octanol–water partition coefficient (Wildman–Crippen LogP) is 2.94. The van der Waals surface area contributed by atoms with Gasteiger partial charge in [-0.15, -0.1) is 11.6 Å². The molecule has 5 nitrogen and oxygen atoms in total. The van der Waals surface area contributed by atoms with Gasteiger partial charge in [-0.2, -0.15) is 0 Å². The van der Waals surface area contributed by atoms with Crippen LogP contribution in [0.5, 0.6) is 0 Å². The molecule has 0 heterocycles. The Hall–Kier alpha value is -1.01. The molecule has 30 heavy (non-hydrogen) atoms. The number of carbonyl (C=O) groups is 2. The number of hydrogen-bond donors (Lipinski definition) is 3. The van der Waals surface area contributed by atoms with E-state index in [0.717, 1.165) is 5.57 Å². The Morgan fingerprint density at radius 3 is 2.43 bits per heavy atom. The third-order valence-electron chi connectivity index (χ3n) is 9.30. The number of halogens is 1. The molecule has 0 aromatic carbocycles. The standard InChI is InChI=1S/C24H33ClO5/c1-13(26)19(29)24(30)20(2,3)11-17-16-7-6-14-10-15(27)8-9-21(14,4)23(16,25)18(28)12-22(17,24)5/h8-10,13,16-18,26,28,30H,6-7,11-12H2,1-5H3. The Balaban J connectivity index is 1.87. The molecule has 8 atom stereocenters. The summed E-state index contributed by atoms with van der Waals surface area (Å²) in [5.74, 6) is -0.902. The molecule has 6 heteroatoms. The van der Waals surface area contributed by atoms with Crippen molar-refractivity contribution in [1.29, 1.82) is 0 Å². The maximum Gasteiger partial charge on any atom is 0.193 e. The fraction of sp³-hybridized carbons (Fsp3) is 0.750. The third-order valence-corrected chi connectivity index (χ3v) is 10.2. The smallest absolute Gasteiger partial charge is 0.193 e. The molecular weight excluding hydrogens is 404 g/mol. The summed E-state index contributed by atoms with van der Waals surface area (Å²) in [6.45, 7) is 8.99. The van der Waals surface area contributed by atoms with Gasteiger partial charge in [0.05, 0.1) is 11.0 Å². The van der Waals surface area contributed by atoms with Gasteiger partial charge < -0.3 is 15.3 Å². The van der Waals surface area contributed by atoms with Crippen LogP contribution in [0.4, 0.5) is 0 Å². The van der Waals surface area contributed by atoms with E-state index >= 15 is 0 Å². The summed E-state index contributed by atoms with van der Waals surface area (Å²) in [5.41, 5.74) is -3.20. The molecule has 3 saturated carbocycles. The molecule has 4 aliphatic rings. The van der Waals surface area contributed by atoms with E-state index in [1.165, 1.54) is 13.0 Å². The van der Waals surface area contributed by atoms with Gasteiger partial charge in [0.25, 0.3) is 0 Å². The van der Waals surface area contributed by atoms with Crippen molar-refractivity contribution in [2.45, 2.75) is 83.0 Å². The van der Waals surface area contributed by atoms with Gasteiger partial charge >= 0.3 is 0 Å². The van der Waals surface area contributed by atoms with Crippen LogP contribution in [-0.4, -0.2) is 49.6 Å². The number of rotatable bonds is 2. The molecule has 0 radical (unpaired) electrons. The van der Waals surface area contributed by atoms with Crippen LogP contribution in [0.2, 0.25) is 0 Å². The van der Waals surface area contributed by atoms with Gasteiger partial charge in [0.2, 0.25) is 0 Å². The van der Waals surface area contributed by atoms with Crippen LogP contribution in [0.25, 0.3) is 0 Å². The van der Waals surface area contributed by atoms with Crippen molar-refractivity contribution in [2.24, 2.45) is 28.1 Å². The van der Waals surface area contributed by atoms with Crippen LogP contribution in [0.3, 0.4) is 0 Å². The summed E-state index contributed by atoms with van der Waals surface area (Å²) in [5, 5.41) is 33.5. The summed E-state index contributed by atoms with van der Waals surface area (Å²) in [6.07, 6.45) is 4.82. The summed E-state index contributed by atoms with van der Waals surface area (Å²) < 4.78 is 0. The molecule has 3 fully saturated rings. The zero-order chi connectivity index (χ0) is 22.5. The molecule has 0 aliphatic heterocycles. The van der Waals surface area contributed by atoms with E-state index < -0.39 is 44.7 Å². The first-order valence-electron chi connectivity index (χ1n) is 10.9. The third kappa shape index (κ3) is 2.30. The maximum absolute atomic E-state index is 13.1. The van der Waals surface area contributed by atoms with Crippen LogP contribution >= 0.6 is 11.6 Å². The van der Waals surface area contributed by atoms with Gasteiger partial charge in [-0.1, -0.05) is 39.3 Å². The summed E-state index contributed by atoms with van der Waals surface area (Å²) >= 11 is 7.38. The van der Waals surface area contributed by atoms with Gasteiger partial charge in [0.15, 0.2) is 11.6 Å². The number of Topliss-reactive ketones (excluding diaryl/α,β-unsaturated/α-hetero) is 1. The van der Waals surface area contributed by atoms with Gasteiger partial charge in [-0.05, 0) is 56.6 Å². The number of aliphatic hydroxyl groups is 3. The highest BCUT2D eigenvalue weighted by atomic mass is 35.5. The van der Waals surface area contributed by atoms with Crippen LogP contribution in [0.1, 0.15) is 60.3 Å². The molecule has 3 N–H and O–H groups in total. The maximum atomic E-state index is 13.1. The van der Waals surface area contributed by atoms with Crippen molar-refractivity contribution in [3.05, 3.63) is 23.8 Å². The first-order chi connectivity index (χ1) is 13.7. The van der Waals surface area contributed by atoms with Crippen molar-refractivity contribution < 1.29 is 24.9 Å². The second kappa shape index (κ2) is 6.28. The number of aliphatic hydroxyl groups excluding tert-OH is 2. The second-order valence-electron chi connectivity index (χ2n) is 11.1. The topological polar surface area (TPSA) is 94.8 Å². The first-order valence-corrected chi connectivity index (χ1v) is 11.3. The van der Waals surface area contributed by atoms with E-state index in [1.807, 2.05) is 33.8 Å². The van der Waals surface area contributed by atoms with Gasteiger partial charge in [-0.25, -0.2) is 0 Å². The fourth-order valence-electron chi connectivity index (χ4n) is 7.74. The Labute approximate surface area is 183 Å². The predicted molar refractivity (Wildman–Crippen MR) is 114 cm³/mol. The highest BCUT2D eigenvalue weighted by Crippen LogP contribution is 2.73. The molecule has 0 spiro atoms. The van der Waals surface area contributed by atoms with Gasteiger partial charge in [0, 0.05) is 16.2 Å². The molecule has 166 valence electrons. The summed E-state index contributed by atoms with van der Waals surface area (Å²) in [6, 6.07) is 0. The van der Waals surface area contributed by atoms with E-state index in [0.29, 0.717) is 19.3 Å². The molecule has 0 aromatic heterocycles. The van der Waals surface area contributed by atoms with E-state index in [2.05, 4.69) is 0 Å². The minimum Gasteiger partial charge on any atom is -0.391 e. The molecule has 0 bridgehead atoms. The Kier molecular flexibility index (Phi) is 4.64. The van der Waals surface area contributed by atoms with Crippen molar-refractivity contribution in [2.75, 3.05) is 0 Å². The lowest BCUT2D eigenvalue weighted by Gasteiger charge is -2.64. The van der Waals surface area contributed by atoms with Crippen molar-refractivity contribution >= 4 is 23.2 Å². The quantitative estimate of drug-likeness (QED) is 0.578. The number of ketones is 2. The van der Waals surface area contributed by atoms with Crippen LogP contribution < -0.4 is 0 Å². The first kappa shape index (κ1) is 22.2. The van der Waals surface area contributed by atoms with E-state index in [1.54, 1.807) is 6.08 Å². The van der Waals surface area contributed by atoms with Crippen molar-refractivity contribution in [3.63, 3.8) is 0 Å². The van der Waals surface area contributed by atoms with E-state index in [9.17, 15) is 24.9 Å². The number of hydrogen-bond acceptors (Lipinski definition) is 5. The molecular formula is C24H33ClO5. The summed E-state index contributed by atoms with van der Waals surface area (Å²) in [4.78, 5) is 24.1. The Morgan fingerprint density at radius 2 is 1.83 bits per heavy atom. The molecule has 0 amide bonds. The SMILES string of the molecule is CC(O)C(=O)C1(O)C(C)(C)CC2C3CCC4=CC(=O)C=CC4(C)C3(Cl)C(O)CC21C. The molecule has 0 aromatic rings. The minimum absolute atomic E-state index is 0.0600. The minimum atomic E-state index is -1.77. The normalized spacial score (nSPS) is 50.2. The fourth-order valence-corrected chi connectivity index (χ4v) is 8.26. The average molecular weight is 437 g/mol. The monoisotopic (exact) mass is 436 g/mol. The Bertz CT molecular complexity index is 875. The van der Waals surface area contributed by atoms with Crippen LogP contribution in [0, 0.1) is 28.1 Å². The highest BCUT2D eigenvalue weighted by molar-refractivity contribution is 6.26. The molecule has 0 saturated heterocycles. The molecule has 4 aliphatic carbocycles. The lowest BCUT2D eigenvalue weighted by Crippen LogP contribution is -2.70. The number of allylic oxidation sites excluding steroid dienone is 4. The molecule has 8 unspecified atom stereocenters. The zero-order valence-electron chi connectivity index (χ0n) is 18.4. The van der Waals surface area contributed by atoms with E-state index in [4.69, 9.17) is 11.6 Å². The Morgan fingerprint density at radius 1 is 1.20 bits per heavy atom. The average Bonchev–Trinajstić information content (AvgIpc) is 2.80. The largest absolute Gasteiger partial charge is 0.391 e.